The molecule has 30 heavy (non-hydrogen) atoms. The highest BCUT2D eigenvalue weighted by atomic mass is 16.5. The third-order valence-corrected chi connectivity index (χ3v) is 5.72. The van der Waals surface area contributed by atoms with Crippen molar-refractivity contribution in [3.8, 4) is 11.5 Å². The SMILES string of the molecule is CCCOc1ccc(C2Oc3ccccc3C3CC(c4ccc(C)cc4)=NN32)cc1. The molecule has 0 aliphatic carbocycles. The Hall–Kier alpha value is -3.27. The fourth-order valence-electron chi connectivity index (χ4n) is 4.12. The molecule has 0 saturated heterocycles. The van der Waals surface area contributed by atoms with E-state index in [2.05, 4.69) is 73.5 Å². The van der Waals surface area contributed by atoms with E-state index in [9.17, 15) is 0 Å². The predicted molar refractivity (Wildman–Crippen MR) is 119 cm³/mol. The molecule has 152 valence electrons. The summed E-state index contributed by atoms with van der Waals surface area (Å²) in [5.74, 6) is 1.83. The van der Waals surface area contributed by atoms with Crippen molar-refractivity contribution in [1.29, 1.82) is 0 Å². The molecule has 0 aromatic heterocycles. The lowest BCUT2D eigenvalue weighted by Gasteiger charge is -2.38. The van der Waals surface area contributed by atoms with Gasteiger partial charge in [-0.2, -0.15) is 5.10 Å². The summed E-state index contributed by atoms with van der Waals surface area (Å²) in [6.45, 7) is 4.95. The third-order valence-electron chi connectivity index (χ3n) is 5.72. The molecule has 2 aliphatic heterocycles. The van der Waals surface area contributed by atoms with Gasteiger partial charge in [0, 0.05) is 17.5 Å². The first-order chi connectivity index (χ1) is 14.7. The van der Waals surface area contributed by atoms with E-state index in [1.54, 1.807) is 0 Å². The molecule has 5 rings (SSSR count). The van der Waals surface area contributed by atoms with E-state index in [0.717, 1.165) is 42.2 Å². The summed E-state index contributed by atoms with van der Waals surface area (Å²) in [5, 5.41) is 7.16. The molecule has 2 atom stereocenters. The van der Waals surface area contributed by atoms with Crippen molar-refractivity contribution in [2.45, 2.75) is 39.0 Å². The van der Waals surface area contributed by atoms with E-state index >= 15 is 0 Å². The summed E-state index contributed by atoms with van der Waals surface area (Å²) in [6, 6.07) is 25.3. The van der Waals surface area contributed by atoms with Crippen LogP contribution in [-0.2, 0) is 0 Å². The number of nitrogens with zero attached hydrogens (tertiary/aromatic N) is 2. The lowest BCUT2D eigenvalue weighted by molar-refractivity contribution is -0.0190. The van der Waals surface area contributed by atoms with Crippen LogP contribution in [-0.4, -0.2) is 17.3 Å². The molecule has 0 saturated carbocycles. The zero-order valence-electron chi connectivity index (χ0n) is 17.4. The molecule has 0 N–H and O–H groups in total. The van der Waals surface area contributed by atoms with Gasteiger partial charge in [0.25, 0.3) is 0 Å². The maximum atomic E-state index is 6.43. The highest BCUT2D eigenvalue weighted by Gasteiger charge is 2.40. The smallest absolute Gasteiger partial charge is 0.213 e. The largest absolute Gasteiger partial charge is 0.494 e. The van der Waals surface area contributed by atoms with Crippen LogP contribution >= 0.6 is 0 Å². The topological polar surface area (TPSA) is 34.1 Å². The minimum atomic E-state index is -0.256. The Morgan fingerprint density at radius 2 is 1.77 bits per heavy atom. The summed E-state index contributed by atoms with van der Waals surface area (Å²) in [6.07, 6.45) is 1.61. The van der Waals surface area contributed by atoms with Gasteiger partial charge in [0.05, 0.1) is 18.4 Å². The Labute approximate surface area is 177 Å². The zero-order valence-corrected chi connectivity index (χ0v) is 17.4. The Bertz CT molecular complexity index is 1060. The highest BCUT2D eigenvalue weighted by Crippen LogP contribution is 2.47. The van der Waals surface area contributed by atoms with Gasteiger partial charge in [0.2, 0.25) is 6.23 Å². The van der Waals surface area contributed by atoms with Gasteiger partial charge in [-0.25, -0.2) is 5.01 Å². The second-order valence-electron chi connectivity index (χ2n) is 7.94. The number of hydrazone groups is 1. The van der Waals surface area contributed by atoms with Crippen molar-refractivity contribution >= 4 is 5.71 Å². The normalized spacial score (nSPS) is 19.5. The van der Waals surface area contributed by atoms with Crippen molar-refractivity contribution in [3.63, 3.8) is 0 Å². The molecule has 0 amide bonds. The number of ether oxygens (including phenoxy) is 2. The maximum absolute atomic E-state index is 6.43. The number of fused-ring (bicyclic) bond motifs is 3. The quantitative estimate of drug-likeness (QED) is 0.526. The van der Waals surface area contributed by atoms with Gasteiger partial charge < -0.3 is 9.47 Å². The molecule has 4 nitrogen and oxygen atoms in total. The Morgan fingerprint density at radius 3 is 2.53 bits per heavy atom. The fraction of sp³-hybridized carbons (Fsp3) is 0.269. The van der Waals surface area contributed by atoms with E-state index in [4.69, 9.17) is 14.6 Å². The highest BCUT2D eigenvalue weighted by molar-refractivity contribution is 6.02. The number of aryl methyl sites for hydroxylation is 1. The minimum Gasteiger partial charge on any atom is -0.494 e. The minimum absolute atomic E-state index is 0.173. The fourth-order valence-corrected chi connectivity index (χ4v) is 4.12. The van der Waals surface area contributed by atoms with E-state index in [1.807, 2.05) is 18.2 Å². The van der Waals surface area contributed by atoms with Crippen molar-refractivity contribution in [3.05, 3.63) is 95.1 Å². The second kappa shape index (κ2) is 7.86. The Kier molecular flexibility index (Phi) is 4.91. The molecule has 2 aliphatic rings. The monoisotopic (exact) mass is 398 g/mol. The van der Waals surface area contributed by atoms with Gasteiger partial charge in [-0.05, 0) is 49.2 Å². The van der Waals surface area contributed by atoms with Gasteiger partial charge in [-0.3, -0.25) is 0 Å². The van der Waals surface area contributed by atoms with Gasteiger partial charge >= 0.3 is 0 Å². The van der Waals surface area contributed by atoms with Crippen LogP contribution in [0.3, 0.4) is 0 Å². The number of hydrogen-bond donors (Lipinski definition) is 0. The number of para-hydroxylation sites is 1. The van der Waals surface area contributed by atoms with Crippen LogP contribution in [0.25, 0.3) is 0 Å². The van der Waals surface area contributed by atoms with Crippen LogP contribution in [0.2, 0.25) is 0 Å². The third kappa shape index (κ3) is 3.43. The molecule has 3 aromatic carbocycles. The molecule has 4 heteroatoms. The molecular formula is C26H26N2O2. The Balaban J connectivity index is 1.50. The molecule has 0 radical (unpaired) electrons. The molecule has 0 bridgehead atoms. The molecule has 2 unspecified atom stereocenters. The summed E-state index contributed by atoms with van der Waals surface area (Å²) < 4.78 is 12.2. The molecule has 0 fully saturated rings. The van der Waals surface area contributed by atoms with Crippen molar-refractivity contribution < 1.29 is 9.47 Å². The van der Waals surface area contributed by atoms with Crippen LogP contribution in [0.5, 0.6) is 11.5 Å². The van der Waals surface area contributed by atoms with E-state index in [0.29, 0.717) is 0 Å². The first kappa shape index (κ1) is 18.7. The second-order valence-corrected chi connectivity index (χ2v) is 7.94. The van der Waals surface area contributed by atoms with Gasteiger partial charge in [-0.15, -0.1) is 0 Å². The van der Waals surface area contributed by atoms with E-state index in [1.165, 1.54) is 16.7 Å². The molecule has 2 heterocycles. The molecule has 3 aromatic rings. The lowest BCUT2D eigenvalue weighted by Crippen LogP contribution is -2.33. The van der Waals surface area contributed by atoms with Crippen LogP contribution in [0.15, 0.2) is 77.9 Å². The first-order valence-electron chi connectivity index (χ1n) is 10.6. The van der Waals surface area contributed by atoms with E-state index in [-0.39, 0.29) is 12.3 Å². The lowest BCUT2D eigenvalue weighted by atomic mass is 9.95. The van der Waals surface area contributed by atoms with Crippen LogP contribution < -0.4 is 9.47 Å². The number of rotatable bonds is 5. The Morgan fingerprint density at radius 1 is 1.00 bits per heavy atom. The van der Waals surface area contributed by atoms with Gasteiger partial charge in [0.15, 0.2) is 0 Å². The van der Waals surface area contributed by atoms with Crippen molar-refractivity contribution in [2.75, 3.05) is 6.61 Å². The predicted octanol–water partition coefficient (Wildman–Crippen LogP) is 6.03. The summed E-state index contributed by atoms with van der Waals surface area (Å²) >= 11 is 0. The van der Waals surface area contributed by atoms with Gasteiger partial charge in [0.1, 0.15) is 11.5 Å². The summed E-state index contributed by atoms with van der Waals surface area (Å²) in [5.41, 5.74) is 5.81. The molecular weight excluding hydrogens is 372 g/mol. The van der Waals surface area contributed by atoms with Crippen molar-refractivity contribution in [2.24, 2.45) is 5.10 Å². The average molecular weight is 399 g/mol. The average Bonchev–Trinajstić information content (AvgIpc) is 3.24. The van der Waals surface area contributed by atoms with Crippen LogP contribution in [0, 0.1) is 6.92 Å². The first-order valence-corrected chi connectivity index (χ1v) is 10.6. The summed E-state index contributed by atoms with van der Waals surface area (Å²) in [7, 11) is 0. The van der Waals surface area contributed by atoms with Crippen molar-refractivity contribution in [1.82, 2.24) is 5.01 Å². The number of hydrogen-bond acceptors (Lipinski definition) is 4. The maximum Gasteiger partial charge on any atom is 0.213 e. The van der Waals surface area contributed by atoms with Crippen LogP contribution in [0.4, 0.5) is 0 Å². The standard InChI is InChI=1S/C26H26N2O2/c1-3-16-29-21-14-12-20(13-15-21)26-28-24(22-6-4-5-7-25(22)30-26)17-23(27-28)19-10-8-18(2)9-11-19/h4-15,24,26H,3,16-17H2,1-2H3. The zero-order chi connectivity index (χ0) is 20.5. The molecule has 0 spiro atoms. The van der Waals surface area contributed by atoms with E-state index < -0.39 is 0 Å². The van der Waals surface area contributed by atoms with Crippen LogP contribution in [0.1, 0.15) is 54.3 Å². The number of benzene rings is 3. The summed E-state index contributed by atoms with van der Waals surface area (Å²) in [4.78, 5) is 0. The van der Waals surface area contributed by atoms with Gasteiger partial charge in [-0.1, -0.05) is 55.0 Å².